The molecule has 2 aromatic carbocycles. The highest BCUT2D eigenvalue weighted by molar-refractivity contribution is 7.99. The number of oxazole rings is 1. The number of hydrogen-bond donors (Lipinski definition) is 1. The molecule has 1 aliphatic heterocycles. The molecule has 0 spiro atoms. The van der Waals surface area contributed by atoms with Crippen molar-refractivity contribution in [3.8, 4) is 5.75 Å². The fourth-order valence-electron chi connectivity index (χ4n) is 4.15. The number of carbonyl (C=O) groups excluding carboxylic acids is 1. The lowest BCUT2D eigenvalue weighted by molar-refractivity contribution is -0.129. The maximum absolute atomic E-state index is 12.7. The van der Waals surface area contributed by atoms with Gasteiger partial charge in [-0.1, -0.05) is 23.9 Å². The van der Waals surface area contributed by atoms with Gasteiger partial charge in [0.1, 0.15) is 11.3 Å². The first-order chi connectivity index (χ1) is 14.7. The number of para-hydroxylation sites is 2. The van der Waals surface area contributed by atoms with Gasteiger partial charge in [-0.2, -0.15) is 0 Å². The lowest BCUT2D eigenvalue weighted by atomic mass is 9.89. The molecule has 3 heterocycles. The Hall–Kier alpha value is -2.93. The molecule has 0 radical (unpaired) electrons. The fraction of sp³-hybridized carbons (Fsp3) is 0.304. The van der Waals surface area contributed by atoms with E-state index in [1.807, 2.05) is 35.2 Å². The van der Waals surface area contributed by atoms with Crippen LogP contribution in [0.5, 0.6) is 5.75 Å². The summed E-state index contributed by atoms with van der Waals surface area (Å²) in [5.41, 5.74) is 4.02. The summed E-state index contributed by atoms with van der Waals surface area (Å²) in [6.07, 6.45) is 4.03. The van der Waals surface area contributed by atoms with Crippen LogP contribution < -0.4 is 4.74 Å². The number of likely N-dealkylation sites (tertiary alicyclic amines) is 1. The highest BCUT2D eigenvalue weighted by Crippen LogP contribution is 2.35. The second-order valence-electron chi connectivity index (χ2n) is 7.55. The fourth-order valence-corrected chi connectivity index (χ4v) is 4.89. The molecule has 1 aliphatic rings. The second kappa shape index (κ2) is 8.07. The van der Waals surface area contributed by atoms with Crippen LogP contribution in [0.25, 0.3) is 22.0 Å². The Morgan fingerprint density at radius 3 is 2.90 bits per heavy atom. The van der Waals surface area contributed by atoms with Gasteiger partial charge in [0.2, 0.25) is 5.91 Å². The van der Waals surface area contributed by atoms with Crippen LogP contribution in [-0.2, 0) is 4.79 Å². The topological polar surface area (TPSA) is 71.4 Å². The van der Waals surface area contributed by atoms with Gasteiger partial charge in [-0.15, -0.1) is 0 Å². The number of rotatable bonds is 5. The van der Waals surface area contributed by atoms with Gasteiger partial charge in [-0.25, -0.2) is 4.98 Å². The first-order valence-corrected chi connectivity index (χ1v) is 11.1. The summed E-state index contributed by atoms with van der Waals surface area (Å²) in [6.45, 7) is 1.54. The average Bonchev–Trinajstić information content (AvgIpc) is 3.40. The van der Waals surface area contributed by atoms with E-state index >= 15 is 0 Å². The first kappa shape index (κ1) is 19.1. The van der Waals surface area contributed by atoms with Crippen LogP contribution in [0.2, 0.25) is 0 Å². The Bertz CT molecular complexity index is 1160. The van der Waals surface area contributed by atoms with Crippen LogP contribution >= 0.6 is 11.8 Å². The van der Waals surface area contributed by atoms with E-state index in [-0.39, 0.29) is 5.91 Å². The Labute approximate surface area is 178 Å². The molecule has 0 unspecified atom stereocenters. The number of nitrogens with zero attached hydrogens (tertiary/aromatic N) is 2. The van der Waals surface area contributed by atoms with Gasteiger partial charge in [0.25, 0.3) is 5.22 Å². The Balaban J connectivity index is 1.20. The van der Waals surface area contributed by atoms with Crippen LogP contribution in [0.15, 0.2) is 58.3 Å². The first-order valence-electron chi connectivity index (χ1n) is 10.1. The van der Waals surface area contributed by atoms with E-state index in [9.17, 15) is 4.79 Å². The standard InChI is InChI=1S/C23H23N3O3S/c1-28-16-6-7-19-17(12-16)18(13-24-19)15-8-10-26(11-9-15)22(27)14-30-23-25-20-4-2-3-5-21(20)29-23/h2-7,12-13,15,24H,8-11,14H2,1H3. The molecule has 0 aliphatic carbocycles. The maximum atomic E-state index is 12.7. The predicted molar refractivity (Wildman–Crippen MR) is 118 cm³/mol. The number of carbonyl (C=O) groups is 1. The van der Waals surface area contributed by atoms with Crippen molar-refractivity contribution in [1.29, 1.82) is 0 Å². The summed E-state index contributed by atoms with van der Waals surface area (Å²) in [5.74, 6) is 1.80. The lowest BCUT2D eigenvalue weighted by Crippen LogP contribution is -2.38. The van der Waals surface area contributed by atoms with Crippen molar-refractivity contribution < 1.29 is 13.9 Å². The third-order valence-corrected chi connectivity index (χ3v) is 6.61. The van der Waals surface area contributed by atoms with Crippen molar-refractivity contribution in [2.75, 3.05) is 26.0 Å². The molecular formula is C23H23N3O3S. The van der Waals surface area contributed by atoms with Gasteiger partial charge in [0.05, 0.1) is 12.9 Å². The molecule has 0 saturated carbocycles. The number of hydrogen-bond acceptors (Lipinski definition) is 5. The largest absolute Gasteiger partial charge is 0.497 e. The third kappa shape index (κ3) is 3.65. The number of methoxy groups -OCH3 is 1. The van der Waals surface area contributed by atoms with E-state index in [4.69, 9.17) is 9.15 Å². The molecule has 2 aromatic heterocycles. The molecule has 1 saturated heterocycles. The molecule has 1 amide bonds. The van der Waals surface area contributed by atoms with Crippen LogP contribution in [0, 0.1) is 0 Å². The van der Waals surface area contributed by atoms with E-state index in [1.54, 1.807) is 7.11 Å². The molecule has 154 valence electrons. The van der Waals surface area contributed by atoms with E-state index < -0.39 is 0 Å². The summed E-state index contributed by atoms with van der Waals surface area (Å²) < 4.78 is 11.1. The minimum Gasteiger partial charge on any atom is -0.497 e. The smallest absolute Gasteiger partial charge is 0.257 e. The number of ether oxygens (including phenoxy) is 1. The highest BCUT2D eigenvalue weighted by atomic mass is 32.2. The molecule has 4 aromatic rings. The molecular weight excluding hydrogens is 398 g/mol. The number of thioether (sulfide) groups is 1. The van der Waals surface area contributed by atoms with Gasteiger partial charge in [-0.05, 0) is 54.7 Å². The molecule has 6 nitrogen and oxygen atoms in total. The van der Waals surface area contributed by atoms with Crippen LogP contribution in [0.1, 0.15) is 24.3 Å². The van der Waals surface area contributed by atoms with Gasteiger partial charge in [0.15, 0.2) is 5.58 Å². The quantitative estimate of drug-likeness (QED) is 0.468. The predicted octanol–water partition coefficient (Wildman–Crippen LogP) is 4.82. The Morgan fingerprint density at radius 1 is 1.27 bits per heavy atom. The summed E-state index contributed by atoms with van der Waals surface area (Å²) in [4.78, 5) is 22.4. The number of aromatic nitrogens is 2. The van der Waals surface area contributed by atoms with Crippen molar-refractivity contribution >= 4 is 39.7 Å². The van der Waals surface area contributed by atoms with Crippen molar-refractivity contribution in [2.45, 2.75) is 24.0 Å². The van der Waals surface area contributed by atoms with Gasteiger partial charge in [0, 0.05) is 30.2 Å². The summed E-state index contributed by atoms with van der Waals surface area (Å²) in [7, 11) is 1.69. The molecule has 30 heavy (non-hydrogen) atoms. The SMILES string of the molecule is COc1ccc2[nH]cc(C3CCN(C(=O)CSc4nc5ccccc5o4)CC3)c2c1. The number of nitrogens with one attached hydrogen (secondary N) is 1. The Morgan fingerprint density at radius 2 is 2.10 bits per heavy atom. The number of H-pyrrole nitrogens is 1. The average molecular weight is 422 g/mol. The molecule has 1 N–H and O–H groups in total. The summed E-state index contributed by atoms with van der Waals surface area (Å²) >= 11 is 1.36. The van der Waals surface area contributed by atoms with Gasteiger partial charge in [-0.3, -0.25) is 4.79 Å². The number of aromatic amines is 1. The van der Waals surface area contributed by atoms with Gasteiger partial charge < -0.3 is 19.0 Å². The molecule has 5 rings (SSSR count). The zero-order valence-electron chi connectivity index (χ0n) is 16.8. The molecule has 7 heteroatoms. The van der Waals surface area contributed by atoms with Crippen LogP contribution in [0.3, 0.4) is 0 Å². The van der Waals surface area contributed by atoms with E-state index in [1.165, 1.54) is 22.7 Å². The van der Waals surface area contributed by atoms with Crippen molar-refractivity contribution in [2.24, 2.45) is 0 Å². The zero-order valence-corrected chi connectivity index (χ0v) is 17.6. The number of fused-ring (bicyclic) bond motifs is 2. The normalized spacial score (nSPS) is 15.2. The van der Waals surface area contributed by atoms with Crippen molar-refractivity contribution in [3.63, 3.8) is 0 Å². The molecule has 1 fully saturated rings. The van der Waals surface area contributed by atoms with Gasteiger partial charge >= 0.3 is 0 Å². The van der Waals surface area contributed by atoms with E-state index in [0.717, 1.165) is 48.3 Å². The lowest BCUT2D eigenvalue weighted by Gasteiger charge is -2.32. The highest BCUT2D eigenvalue weighted by Gasteiger charge is 2.26. The number of benzene rings is 2. The van der Waals surface area contributed by atoms with Crippen molar-refractivity contribution in [3.05, 3.63) is 54.2 Å². The van der Waals surface area contributed by atoms with Crippen molar-refractivity contribution in [1.82, 2.24) is 14.9 Å². The summed E-state index contributed by atoms with van der Waals surface area (Å²) in [5, 5.41) is 1.76. The van der Waals surface area contributed by atoms with Crippen LogP contribution in [-0.4, -0.2) is 46.7 Å². The number of amides is 1. The number of piperidine rings is 1. The monoisotopic (exact) mass is 421 g/mol. The maximum Gasteiger partial charge on any atom is 0.257 e. The second-order valence-corrected chi connectivity index (χ2v) is 8.47. The third-order valence-electron chi connectivity index (χ3n) is 5.80. The Kier molecular flexibility index (Phi) is 5.12. The van der Waals surface area contributed by atoms with Crippen LogP contribution in [0.4, 0.5) is 0 Å². The summed E-state index contributed by atoms with van der Waals surface area (Å²) in [6, 6.07) is 13.8. The minimum atomic E-state index is 0.140. The molecule has 0 atom stereocenters. The zero-order chi connectivity index (χ0) is 20.5. The minimum absolute atomic E-state index is 0.140. The van der Waals surface area contributed by atoms with E-state index in [2.05, 4.69) is 28.3 Å². The van der Waals surface area contributed by atoms with E-state index in [0.29, 0.717) is 16.9 Å². The molecule has 0 bridgehead atoms.